The minimum absolute atomic E-state index is 0.107. The fraction of sp³-hybridized carbons (Fsp3) is 0.429. The van der Waals surface area contributed by atoms with Gasteiger partial charge in [-0.15, -0.1) is 0 Å². The number of aliphatic hydroxyl groups excluding tert-OH is 1. The largest absolute Gasteiger partial charge is 0.480 e. The first-order valence-corrected chi connectivity index (χ1v) is 7.92. The number of hydrogen-bond donors (Lipinski definition) is 7. The summed E-state index contributed by atoms with van der Waals surface area (Å²) in [6.45, 7) is 0.462. The lowest BCUT2D eigenvalue weighted by Crippen LogP contribution is -2.47. The Labute approximate surface area is 158 Å². The number of carbonyl (C=O) groups excluding carboxylic acids is 2. The molecule has 0 saturated heterocycles. The number of aromatic amines is 1. The second-order valence-corrected chi connectivity index (χ2v) is 5.44. The van der Waals surface area contributed by atoms with Crippen LogP contribution in [0.1, 0.15) is 30.4 Å². The van der Waals surface area contributed by atoms with Crippen LogP contribution in [-0.4, -0.2) is 60.9 Å². The van der Waals surface area contributed by atoms with Gasteiger partial charge in [0.15, 0.2) is 11.9 Å². The van der Waals surface area contributed by atoms with E-state index in [9.17, 15) is 14.4 Å². The van der Waals surface area contributed by atoms with Gasteiger partial charge in [0.05, 0.1) is 25.5 Å². The van der Waals surface area contributed by atoms with Crippen LogP contribution in [0.3, 0.4) is 0 Å². The topological polar surface area (TPSA) is 235 Å². The zero-order valence-electron chi connectivity index (χ0n) is 15.0. The molecular weight excluding hydrogens is 376 g/mol. The SMILES string of the molecule is CC(N)=O.NC(Cc1cnc[nH]1)c1noc(CNC(=O)NC(CO)C(=O)O)n1. The Bertz CT molecular complexity index is 758. The number of hydrogen-bond acceptors (Lipinski definition) is 9. The molecule has 2 aromatic heterocycles. The van der Waals surface area contributed by atoms with Crippen molar-refractivity contribution in [2.45, 2.75) is 32.0 Å². The molecule has 0 fully saturated rings. The number of imidazole rings is 1. The number of aromatic nitrogens is 4. The van der Waals surface area contributed by atoms with Crippen LogP contribution in [0.15, 0.2) is 17.0 Å². The van der Waals surface area contributed by atoms with Crippen molar-refractivity contribution in [3.8, 4) is 0 Å². The lowest BCUT2D eigenvalue weighted by atomic mass is 10.2. The van der Waals surface area contributed by atoms with Crippen LogP contribution >= 0.6 is 0 Å². The molecule has 0 saturated carbocycles. The predicted octanol–water partition coefficient (Wildman–Crippen LogP) is -2.23. The second-order valence-electron chi connectivity index (χ2n) is 5.44. The number of aliphatic carboxylic acids is 1. The first-order chi connectivity index (χ1) is 13.2. The molecule has 0 spiro atoms. The zero-order chi connectivity index (χ0) is 21.1. The lowest BCUT2D eigenvalue weighted by Gasteiger charge is -2.11. The van der Waals surface area contributed by atoms with Crippen molar-refractivity contribution in [1.82, 2.24) is 30.7 Å². The van der Waals surface area contributed by atoms with E-state index in [1.165, 1.54) is 13.3 Å². The molecule has 2 heterocycles. The minimum Gasteiger partial charge on any atom is -0.480 e. The normalized spacial score (nSPS) is 12.2. The lowest BCUT2D eigenvalue weighted by molar-refractivity contribution is -0.140. The van der Waals surface area contributed by atoms with Crippen molar-refractivity contribution in [2.75, 3.05) is 6.61 Å². The third kappa shape index (κ3) is 8.24. The van der Waals surface area contributed by atoms with E-state index < -0.39 is 30.7 Å². The van der Waals surface area contributed by atoms with Gasteiger partial charge in [0.25, 0.3) is 0 Å². The molecule has 2 rings (SSSR count). The number of carbonyl (C=O) groups is 3. The van der Waals surface area contributed by atoms with Gasteiger partial charge in [0.1, 0.15) is 0 Å². The van der Waals surface area contributed by atoms with Gasteiger partial charge in [-0.1, -0.05) is 5.16 Å². The summed E-state index contributed by atoms with van der Waals surface area (Å²) in [6, 6.07) is -2.70. The van der Waals surface area contributed by atoms with Crippen LogP contribution in [-0.2, 0) is 22.6 Å². The molecule has 14 heteroatoms. The Balaban J connectivity index is 0.000000892. The van der Waals surface area contributed by atoms with Crippen molar-refractivity contribution < 1.29 is 29.1 Å². The van der Waals surface area contributed by atoms with Crippen molar-refractivity contribution >= 4 is 17.9 Å². The van der Waals surface area contributed by atoms with Gasteiger partial charge in [0.2, 0.25) is 11.8 Å². The quantitative estimate of drug-likeness (QED) is 0.252. The highest BCUT2D eigenvalue weighted by Crippen LogP contribution is 2.11. The summed E-state index contributed by atoms with van der Waals surface area (Å²) in [7, 11) is 0. The summed E-state index contributed by atoms with van der Waals surface area (Å²) in [5.41, 5.74) is 11.2. The summed E-state index contributed by atoms with van der Waals surface area (Å²) in [5.74, 6) is -1.31. The first kappa shape index (κ1) is 22.5. The van der Waals surface area contributed by atoms with Gasteiger partial charge >= 0.3 is 12.0 Å². The zero-order valence-corrected chi connectivity index (χ0v) is 15.0. The fourth-order valence-electron chi connectivity index (χ4n) is 1.77. The molecule has 154 valence electrons. The summed E-state index contributed by atoms with van der Waals surface area (Å²) >= 11 is 0. The van der Waals surface area contributed by atoms with Crippen LogP contribution in [0.4, 0.5) is 4.79 Å². The molecule has 0 bridgehead atoms. The molecule has 3 amide bonds. The van der Waals surface area contributed by atoms with Gasteiger partial charge in [-0.25, -0.2) is 14.6 Å². The summed E-state index contributed by atoms with van der Waals surface area (Å²) in [6.07, 6.45) is 3.60. The van der Waals surface area contributed by atoms with E-state index in [0.29, 0.717) is 6.42 Å². The van der Waals surface area contributed by atoms with E-state index in [0.717, 1.165) is 5.69 Å². The summed E-state index contributed by atoms with van der Waals surface area (Å²) in [5, 5.41) is 25.7. The number of aliphatic hydroxyl groups is 1. The minimum atomic E-state index is -1.40. The molecule has 0 aliphatic heterocycles. The Hall–Kier alpha value is -3.52. The van der Waals surface area contributed by atoms with E-state index >= 15 is 0 Å². The molecule has 0 aliphatic rings. The van der Waals surface area contributed by atoms with E-state index in [1.807, 2.05) is 0 Å². The number of nitrogens with two attached hydrogens (primary N) is 2. The Morgan fingerprint density at radius 2 is 2.07 bits per heavy atom. The highest BCUT2D eigenvalue weighted by Gasteiger charge is 2.19. The number of amides is 3. The summed E-state index contributed by atoms with van der Waals surface area (Å²) in [4.78, 5) is 42.3. The van der Waals surface area contributed by atoms with Gasteiger partial charge in [-0.05, 0) is 0 Å². The number of carboxylic acids is 1. The van der Waals surface area contributed by atoms with E-state index in [2.05, 4.69) is 36.5 Å². The van der Waals surface area contributed by atoms with Gasteiger partial charge in [0, 0.05) is 25.2 Å². The number of nitrogens with one attached hydrogen (secondary N) is 3. The van der Waals surface area contributed by atoms with Crippen molar-refractivity contribution in [3.63, 3.8) is 0 Å². The molecule has 2 atom stereocenters. The smallest absolute Gasteiger partial charge is 0.328 e. The van der Waals surface area contributed by atoms with Gasteiger partial charge in [-0.2, -0.15) is 4.98 Å². The number of nitrogens with zero attached hydrogens (tertiary/aromatic N) is 3. The Morgan fingerprint density at radius 1 is 1.39 bits per heavy atom. The maximum Gasteiger partial charge on any atom is 0.328 e. The third-order valence-corrected chi connectivity index (χ3v) is 3.00. The monoisotopic (exact) mass is 398 g/mol. The van der Waals surface area contributed by atoms with Crippen LogP contribution in [0.5, 0.6) is 0 Å². The van der Waals surface area contributed by atoms with Crippen molar-refractivity contribution in [3.05, 3.63) is 29.9 Å². The van der Waals surface area contributed by atoms with Crippen LogP contribution in [0.25, 0.3) is 0 Å². The van der Waals surface area contributed by atoms with Crippen LogP contribution < -0.4 is 22.1 Å². The average molecular weight is 398 g/mol. The molecule has 28 heavy (non-hydrogen) atoms. The van der Waals surface area contributed by atoms with E-state index in [4.69, 9.17) is 20.5 Å². The van der Waals surface area contributed by atoms with Crippen LogP contribution in [0, 0.1) is 0 Å². The molecule has 14 nitrogen and oxygen atoms in total. The Kier molecular flexibility index (Phi) is 9.05. The van der Waals surface area contributed by atoms with Crippen molar-refractivity contribution in [2.24, 2.45) is 11.5 Å². The number of urea groups is 1. The fourth-order valence-corrected chi connectivity index (χ4v) is 1.77. The number of carboxylic acid groups (broad SMARTS) is 1. The number of rotatable bonds is 8. The van der Waals surface area contributed by atoms with Gasteiger partial charge in [-0.3, -0.25) is 4.79 Å². The number of primary amides is 1. The first-order valence-electron chi connectivity index (χ1n) is 7.92. The van der Waals surface area contributed by atoms with Crippen molar-refractivity contribution in [1.29, 1.82) is 0 Å². The molecule has 2 unspecified atom stereocenters. The second kappa shape index (κ2) is 11.2. The molecular formula is C14H22N8O6. The third-order valence-electron chi connectivity index (χ3n) is 3.00. The Morgan fingerprint density at radius 3 is 2.61 bits per heavy atom. The molecule has 0 aromatic carbocycles. The molecule has 9 N–H and O–H groups in total. The highest BCUT2D eigenvalue weighted by atomic mass is 16.5. The standard InChI is InChI=1S/C12H17N7O5.C2H5NO/c13-7(1-6-2-14-5-16-6)10-18-9(24-19-10)3-15-12(23)17-8(4-20)11(21)22;1-2(3)4/h2,5,7-8,20H,1,3-4,13H2,(H,14,16)(H,21,22)(H2,15,17,23);1H3,(H2,3,4). The molecule has 2 aromatic rings. The maximum atomic E-state index is 11.5. The maximum absolute atomic E-state index is 11.5. The molecule has 0 aliphatic carbocycles. The van der Waals surface area contributed by atoms with E-state index in [1.54, 1.807) is 6.20 Å². The highest BCUT2D eigenvalue weighted by molar-refractivity contribution is 5.82. The number of H-pyrrole nitrogens is 1. The average Bonchev–Trinajstić information content (AvgIpc) is 3.28. The van der Waals surface area contributed by atoms with E-state index in [-0.39, 0.29) is 24.2 Å². The van der Waals surface area contributed by atoms with Crippen LogP contribution in [0.2, 0.25) is 0 Å². The van der Waals surface area contributed by atoms with Gasteiger partial charge < -0.3 is 41.8 Å². The summed E-state index contributed by atoms with van der Waals surface area (Å²) < 4.78 is 4.96. The molecule has 0 radical (unpaired) electrons. The predicted molar refractivity (Wildman–Crippen MR) is 92.3 cm³/mol.